The lowest BCUT2D eigenvalue weighted by Gasteiger charge is -2.34. The van der Waals surface area contributed by atoms with E-state index in [4.69, 9.17) is 11.6 Å². The first-order chi connectivity index (χ1) is 11.1. The Bertz CT molecular complexity index is 670. The average molecular weight is 331 g/mol. The van der Waals surface area contributed by atoms with Crippen molar-refractivity contribution in [2.75, 3.05) is 13.1 Å². The number of halogens is 1. The molecule has 3 rings (SSSR count). The molecule has 1 aromatic heterocycles. The summed E-state index contributed by atoms with van der Waals surface area (Å²) in [7, 11) is 0. The smallest absolute Gasteiger partial charge is 0.272 e. The zero-order chi connectivity index (χ0) is 16.2. The van der Waals surface area contributed by atoms with Gasteiger partial charge in [-0.2, -0.15) is 0 Å². The molecule has 1 aromatic carbocycles. The number of aromatic nitrogens is 1. The van der Waals surface area contributed by atoms with E-state index in [0.717, 1.165) is 18.4 Å². The first kappa shape index (κ1) is 16.0. The predicted octanol–water partition coefficient (Wildman–Crippen LogP) is 3.32. The molecular formula is C18H19ClN2O2. The fourth-order valence-electron chi connectivity index (χ4n) is 3.02. The van der Waals surface area contributed by atoms with Crippen molar-refractivity contribution in [1.82, 2.24) is 9.88 Å². The molecule has 0 aliphatic carbocycles. The van der Waals surface area contributed by atoms with E-state index >= 15 is 0 Å². The third kappa shape index (κ3) is 3.71. The van der Waals surface area contributed by atoms with Crippen molar-refractivity contribution in [2.45, 2.75) is 18.9 Å². The van der Waals surface area contributed by atoms with Gasteiger partial charge in [-0.15, -0.1) is 0 Å². The van der Waals surface area contributed by atoms with Gasteiger partial charge in [0.05, 0.1) is 6.10 Å². The van der Waals surface area contributed by atoms with Crippen LogP contribution in [0, 0.1) is 5.92 Å². The molecule has 0 radical (unpaired) electrons. The van der Waals surface area contributed by atoms with E-state index in [1.807, 2.05) is 30.3 Å². The first-order valence-electron chi connectivity index (χ1n) is 7.79. The Morgan fingerprint density at radius 2 is 1.91 bits per heavy atom. The molecule has 0 saturated carbocycles. The minimum atomic E-state index is -0.474. The standard InChI is InChI=1S/C18H19ClN2O2/c19-15-6-9-20-16(12-15)18(23)21-10-7-14(8-11-21)17(22)13-4-2-1-3-5-13/h1-6,9,12,14,17,22H,7-8,10-11H2/t17-/m0/s1. The summed E-state index contributed by atoms with van der Waals surface area (Å²) in [6.07, 6.45) is 2.63. The van der Waals surface area contributed by atoms with Crippen molar-refractivity contribution in [1.29, 1.82) is 0 Å². The van der Waals surface area contributed by atoms with Gasteiger partial charge < -0.3 is 10.0 Å². The highest BCUT2D eigenvalue weighted by molar-refractivity contribution is 6.30. The summed E-state index contributed by atoms with van der Waals surface area (Å²) < 4.78 is 0. The fourth-order valence-corrected chi connectivity index (χ4v) is 3.18. The monoisotopic (exact) mass is 330 g/mol. The van der Waals surface area contributed by atoms with Gasteiger partial charge in [-0.3, -0.25) is 9.78 Å². The number of rotatable bonds is 3. The summed E-state index contributed by atoms with van der Waals surface area (Å²) >= 11 is 5.92. The molecule has 1 aliphatic heterocycles. The Hall–Kier alpha value is -1.91. The van der Waals surface area contributed by atoms with Gasteiger partial charge in [0, 0.05) is 24.3 Å². The number of amides is 1. The number of nitrogens with zero attached hydrogens (tertiary/aromatic N) is 2. The lowest BCUT2D eigenvalue weighted by molar-refractivity contribution is 0.0458. The molecule has 5 heteroatoms. The Labute approximate surface area is 140 Å². The molecule has 1 aliphatic rings. The highest BCUT2D eigenvalue weighted by atomic mass is 35.5. The van der Waals surface area contributed by atoms with E-state index in [0.29, 0.717) is 23.8 Å². The number of pyridine rings is 1. The Kier molecular flexibility index (Phi) is 4.94. The molecule has 1 atom stereocenters. The van der Waals surface area contributed by atoms with Crippen LogP contribution in [-0.2, 0) is 0 Å². The van der Waals surface area contributed by atoms with Crippen molar-refractivity contribution in [3.05, 3.63) is 64.9 Å². The van der Waals surface area contributed by atoms with E-state index in [9.17, 15) is 9.90 Å². The zero-order valence-electron chi connectivity index (χ0n) is 12.7. The lowest BCUT2D eigenvalue weighted by atomic mass is 9.87. The lowest BCUT2D eigenvalue weighted by Crippen LogP contribution is -2.40. The molecule has 4 nitrogen and oxygen atoms in total. The molecule has 120 valence electrons. The Morgan fingerprint density at radius 3 is 2.57 bits per heavy atom. The van der Waals surface area contributed by atoms with Crippen LogP contribution in [0.1, 0.15) is 35.0 Å². The molecule has 1 fully saturated rings. The second-order valence-corrected chi connectivity index (χ2v) is 6.28. The predicted molar refractivity (Wildman–Crippen MR) is 89.3 cm³/mol. The van der Waals surface area contributed by atoms with Gasteiger partial charge in [-0.05, 0) is 36.5 Å². The number of hydrogen-bond donors (Lipinski definition) is 1. The minimum absolute atomic E-state index is 0.0971. The zero-order valence-corrected chi connectivity index (χ0v) is 13.5. The second kappa shape index (κ2) is 7.11. The third-order valence-electron chi connectivity index (χ3n) is 4.36. The first-order valence-corrected chi connectivity index (χ1v) is 8.17. The van der Waals surface area contributed by atoms with Gasteiger partial charge in [0.25, 0.3) is 5.91 Å². The summed E-state index contributed by atoms with van der Waals surface area (Å²) in [4.78, 5) is 18.3. The van der Waals surface area contributed by atoms with Gasteiger partial charge in [-0.25, -0.2) is 0 Å². The minimum Gasteiger partial charge on any atom is -0.388 e. The number of carbonyl (C=O) groups excluding carboxylic acids is 1. The molecular weight excluding hydrogens is 312 g/mol. The van der Waals surface area contributed by atoms with Crippen molar-refractivity contribution in [2.24, 2.45) is 5.92 Å². The quantitative estimate of drug-likeness (QED) is 0.939. The van der Waals surface area contributed by atoms with E-state index < -0.39 is 6.10 Å². The molecule has 0 unspecified atom stereocenters. The summed E-state index contributed by atoms with van der Waals surface area (Å²) in [5.41, 5.74) is 1.31. The van der Waals surface area contributed by atoms with Crippen LogP contribution in [-0.4, -0.2) is 34.0 Å². The van der Waals surface area contributed by atoms with Crippen LogP contribution in [0.25, 0.3) is 0 Å². The van der Waals surface area contributed by atoms with Crippen molar-refractivity contribution < 1.29 is 9.90 Å². The van der Waals surface area contributed by atoms with E-state index in [2.05, 4.69) is 4.98 Å². The largest absolute Gasteiger partial charge is 0.388 e. The molecule has 1 saturated heterocycles. The second-order valence-electron chi connectivity index (χ2n) is 5.84. The maximum atomic E-state index is 12.4. The molecule has 2 heterocycles. The van der Waals surface area contributed by atoms with E-state index in [-0.39, 0.29) is 11.8 Å². The van der Waals surface area contributed by atoms with Gasteiger partial charge in [0.15, 0.2) is 0 Å². The molecule has 23 heavy (non-hydrogen) atoms. The summed E-state index contributed by atoms with van der Waals surface area (Å²) in [5.74, 6) is 0.0777. The van der Waals surface area contributed by atoms with Gasteiger partial charge >= 0.3 is 0 Å². The fraction of sp³-hybridized carbons (Fsp3) is 0.333. The molecule has 0 bridgehead atoms. The number of aliphatic hydroxyl groups is 1. The maximum Gasteiger partial charge on any atom is 0.272 e. The molecule has 1 amide bonds. The van der Waals surface area contributed by atoms with Crippen LogP contribution in [0.3, 0.4) is 0 Å². The summed E-state index contributed by atoms with van der Waals surface area (Å²) in [6.45, 7) is 1.25. The Morgan fingerprint density at radius 1 is 1.22 bits per heavy atom. The maximum absolute atomic E-state index is 12.4. The summed E-state index contributed by atoms with van der Waals surface area (Å²) in [6, 6.07) is 12.9. The van der Waals surface area contributed by atoms with Crippen molar-refractivity contribution in [3.63, 3.8) is 0 Å². The molecule has 2 aromatic rings. The number of aliphatic hydroxyl groups excluding tert-OH is 1. The SMILES string of the molecule is O=C(c1cc(Cl)ccn1)N1CCC([C@@H](O)c2ccccc2)CC1. The number of likely N-dealkylation sites (tertiary alicyclic amines) is 1. The Balaban J connectivity index is 1.61. The van der Waals surface area contributed by atoms with Gasteiger partial charge in [-0.1, -0.05) is 41.9 Å². The van der Waals surface area contributed by atoms with E-state index in [1.165, 1.54) is 0 Å². The van der Waals surface area contributed by atoms with Crippen molar-refractivity contribution >= 4 is 17.5 Å². The third-order valence-corrected chi connectivity index (χ3v) is 4.59. The average Bonchev–Trinajstić information content (AvgIpc) is 2.61. The highest BCUT2D eigenvalue weighted by Crippen LogP contribution is 2.31. The van der Waals surface area contributed by atoms with E-state index in [1.54, 1.807) is 23.2 Å². The van der Waals surface area contributed by atoms with Crippen LogP contribution in [0.5, 0.6) is 0 Å². The highest BCUT2D eigenvalue weighted by Gasteiger charge is 2.29. The van der Waals surface area contributed by atoms with Crippen molar-refractivity contribution in [3.8, 4) is 0 Å². The number of piperidine rings is 1. The topological polar surface area (TPSA) is 53.4 Å². The number of benzene rings is 1. The number of carbonyl (C=O) groups is 1. The number of hydrogen-bond acceptors (Lipinski definition) is 3. The van der Waals surface area contributed by atoms with Crippen LogP contribution < -0.4 is 0 Å². The molecule has 0 spiro atoms. The normalized spacial score (nSPS) is 17.0. The van der Waals surface area contributed by atoms with Crippen LogP contribution in [0.4, 0.5) is 0 Å². The van der Waals surface area contributed by atoms with Crippen LogP contribution in [0.2, 0.25) is 5.02 Å². The van der Waals surface area contributed by atoms with Gasteiger partial charge in [0.1, 0.15) is 5.69 Å². The molecule has 1 N–H and O–H groups in total. The van der Waals surface area contributed by atoms with Gasteiger partial charge in [0.2, 0.25) is 0 Å². The summed E-state index contributed by atoms with van der Waals surface area (Å²) in [5, 5.41) is 11.0. The van der Waals surface area contributed by atoms with Crippen LogP contribution >= 0.6 is 11.6 Å². The van der Waals surface area contributed by atoms with Crippen LogP contribution in [0.15, 0.2) is 48.7 Å².